The highest BCUT2D eigenvalue weighted by atomic mass is 35.5. The van der Waals surface area contributed by atoms with E-state index < -0.39 is 0 Å². The molecule has 1 aliphatic heterocycles. The van der Waals surface area contributed by atoms with Gasteiger partial charge in [-0.05, 0) is 19.8 Å². The lowest BCUT2D eigenvalue weighted by molar-refractivity contribution is -0.138. The quantitative estimate of drug-likeness (QED) is 0.532. The van der Waals surface area contributed by atoms with Gasteiger partial charge in [0, 0.05) is 25.4 Å². The van der Waals surface area contributed by atoms with Gasteiger partial charge in [0.2, 0.25) is 5.91 Å². The van der Waals surface area contributed by atoms with Crippen molar-refractivity contribution < 1.29 is 9.53 Å². The number of alkyl halides is 1. The summed E-state index contributed by atoms with van der Waals surface area (Å²) in [5, 5.41) is 0. The van der Waals surface area contributed by atoms with E-state index in [4.69, 9.17) is 16.3 Å². The summed E-state index contributed by atoms with van der Waals surface area (Å²) in [4.78, 5) is 13.5. The second kappa shape index (κ2) is 6.25. The molecule has 0 saturated carbocycles. The summed E-state index contributed by atoms with van der Waals surface area (Å²) in [5.74, 6) is 0.887. The lowest BCUT2D eigenvalue weighted by atomic mass is 10.2. The second-order valence-electron chi connectivity index (χ2n) is 3.67. The molecular weight excluding hydrogens is 202 g/mol. The van der Waals surface area contributed by atoms with Crippen LogP contribution in [0.5, 0.6) is 0 Å². The van der Waals surface area contributed by atoms with Crippen molar-refractivity contribution in [3.8, 4) is 0 Å². The normalized spacial score (nSPS) is 22.4. The Balaban J connectivity index is 2.22. The average Bonchev–Trinajstić information content (AvgIpc) is 2.18. The molecule has 1 fully saturated rings. The van der Waals surface area contributed by atoms with Crippen molar-refractivity contribution in [1.29, 1.82) is 0 Å². The van der Waals surface area contributed by atoms with Crippen molar-refractivity contribution in [2.75, 3.05) is 25.6 Å². The molecule has 0 bridgehead atoms. The van der Waals surface area contributed by atoms with E-state index >= 15 is 0 Å². The molecule has 1 amide bonds. The molecule has 0 aromatic rings. The van der Waals surface area contributed by atoms with Crippen molar-refractivity contribution in [2.24, 2.45) is 0 Å². The van der Waals surface area contributed by atoms with Gasteiger partial charge in [0.05, 0.1) is 12.7 Å². The van der Waals surface area contributed by atoms with E-state index in [0.717, 1.165) is 25.9 Å². The number of carbonyl (C=O) groups is 1. The van der Waals surface area contributed by atoms with E-state index in [0.29, 0.717) is 18.9 Å². The summed E-state index contributed by atoms with van der Waals surface area (Å²) >= 11 is 5.55. The van der Waals surface area contributed by atoms with Crippen LogP contribution in [0.4, 0.5) is 0 Å². The Labute approximate surface area is 90.4 Å². The lowest BCUT2D eigenvalue weighted by Gasteiger charge is -2.31. The molecule has 1 saturated heterocycles. The highest BCUT2D eigenvalue weighted by molar-refractivity contribution is 6.17. The molecule has 1 heterocycles. The molecule has 0 radical (unpaired) electrons. The largest absolute Gasteiger partial charge is 0.375 e. The van der Waals surface area contributed by atoms with Crippen LogP contribution in [0.15, 0.2) is 0 Å². The van der Waals surface area contributed by atoms with Crippen LogP contribution in [-0.4, -0.2) is 42.5 Å². The van der Waals surface area contributed by atoms with Gasteiger partial charge in [0.15, 0.2) is 0 Å². The van der Waals surface area contributed by atoms with E-state index in [9.17, 15) is 4.79 Å². The van der Waals surface area contributed by atoms with Crippen LogP contribution >= 0.6 is 11.6 Å². The van der Waals surface area contributed by atoms with E-state index in [-0.39, 0.29) is 12.0 Å². The van der Waals surface area contributed by atoms with Gasteiger partial charge < -0.3 is 9.64 Å². The van der Waals surface area contributed by atoms with E-state index in [1.807, 2.05) is 11.8 Å². The van der Waals surface area contributed by atoms with Gasteiger partial charge in [-0.3, -0.25) is 4.79 Å². The smallest absolute Gasteiger partial charge is 0.222 e. The molecule has 1 rings (SSSR count). The topological polar surface area (TPSA) is 29.5 Å². The first kappa shape index (κ1) is 11.8. The van der Waals surface area contributed by atoms with Gasteiger partial charge >= 0.3 is 0 Å². The van der Waals surface area contributed by atoms with Gasteiger partial charge in [0.1, 0.15) is 0 Å². The molecule has 0 aromatic heterocycles. The van der Waals surface area contributed by atoms with Gasteiger partial charge in [-0.15, -0.1) is 11.6 Å². The van der Waals surface area contributed by atoms with E-state index in [1.54, 1.807) is 0 Å². The summed E-state index contributed by atoms with van der Waals surface area (Å²) in [6.07, 6.45) is 2.63. The summed E-state index contributed by atoms with van der Waals surface area (Å²) in [5.41, 5.74) is 0. The Kier molecular flexibility index (Phi) is 5.26. The van der Waals surface area contributed by atoms with Gasteiger partial charge in [-0.25, -0.2) is 0 Å². The van der Waals surface area contributed by atoms with Gasteiger partial charge in [0.25, 0.3) is 0 Å². The molecule has 1 atom stereocenters. The van der Waals surface area contributed by atoms with E-state index in [2.05, 4.69) is 0 Å². The summed E-state index contributed by atoms with van der Waals surface area (Å²) in [6.45, 7) is 4.14. The molecule has 3 nitrogen and oxygen atoms in total. The fraction of sp³-hybridized carbons (Fsp3) is 0.900. The lowest BCUT2D eigenvalue weighted by Crippen LogP contribution is -2.44. The number of morpholine rings is 1. The monoisotopic (exact) mass is 219 g/mol. The Bertz CT molecular complexity index is 187. The Morgan fingerprint density at radius 2 is 2.36 bits per heavy atom. The summed E-state index contributed by atoms with van der Waals surface area (Å²) in [7, 11) is 0. The van der Waals surface area contributed by atoms with Crippen molar-refractivity contribution in [2.45, 2.75) is 32.3 Å². The maximum absolute atomic E-state index is 11.6. The number of nitrogens with zero attached hydrogens (tertiary/aromatic N) is 1. The zero-order valence-electron chi connectivity index (χ0n) is 8.67. The summed E-state index contributed by atoms with van der Waals surface area (Å²) < 4.78 is 5.37. The number of carbonyl (C=O) groups excluding carboxylic acids is 1. The molecule has 14 heavy (non-hydrogen) atoms. The number of hydrogen-bond donors (Lipinski definition) is 0. The van der Waals surface area contributed by atoms with Gasteiger partial charge in [-0.1, -0.05) is 0 Å². The first-order chi connectivity index (χ1) is 6.74. The molecule has 82 valence electrons. The minimum absolute atomic E-state index is 0.181. The molecular formula is C10H18ClNO2. The fourth-order valence-electron chi connectivity index (χ4n) is 1.57. The van der Waals surface area contributed by atoms with Crippen LogP contribution in [-0.2, 0) is 9.53 Å². The predicted molar refractivity (Wildman–Crippen MR) is 56.6 cm³/mol. The van der Waals surface area contributed by atoms with Crippen molar-refractivity contribution in [1.82, 2.24) is 4.90 Å². The Morgan fingerprint density at radius 1 is 1.57 bits per heavy atom. The third-order valence-electron chi connectivity index (χ3n) is 2.37. The molecule has 0 spiro atoms. The second-order valence-corrected chi connectivity index (χ2v) is 4.05. The Morgan fingerprint density at radius 3 is 3.00 bits per heavy atom. The fourth-order valence-corrected chi connectivity index (χ4v) is 1.76. The minimum atomic E-state index is 0.181. The highest BCUT2D eigenvalue weighted by Crippen LogP contribution is 2.08. The van der Waals surface area contributed by atoms with Crippen LogP contribution < -0.4 is 0 Å². The van der Waals surface area contributed by atoms with Crippen LogP contribution in [0, 0.1) is 0 Å². The number of halogens is 1. The van der Waals surface area contributed by atoms with Crippen LogP contribution in [0.3, 0.4) is 0 Å². The summed E-state index contributed by atoms with van der Waals surface area (Å²) in [6, 6.07) is 0. The van der Waals surface area contributed by atoms with E-state index in [1.165, 1.54) is 0 Å². The third kappa shape index (κ3) is 3.84. The molecule has 0 aromatic carbocycles. The number of ether oxygens (including phenoxy) is 1. The van der Waals surface area contributed by atoms with Gasteiger partial charge in [-0.2, -0.15) is 0 Å². The van der Waals surface area contributed by atoms with Crippen LogP contribution in [0.2, 0.25) is 0 Å². The predicted octanol–water partition coefficient (Wildman–Crippen LogP) is 1.64. The molecule has 4 heteroatoms. The number of unbranched alkanes of at least 4 members (excludes halogenated alkanes) is 1. The number of hydrogen-bond acceptors (Lipinski definition) is 2. The zero-order valence-corrected chi connectivity index (χ0v) is 9.42. The standard InChI is InChI=1S/C10H18ClNO2/c1-9-8-12(6-7-14-9)10(13)4-2-3-5-11/h9H,2-8H2,1H3. The maximum Gasteiger partial charge on any atom is 0.222 e. The van der Waals surface area contributed by atoms with Crippen LogP contribution in [0.25, 0.3) is 0 Å². The number of amides is 1. The zero-order chi connectivity index (χ0) is 10.4. The first-order valence-electron chi connectivity index (χ1n) is 5.19. The minimum Gasteiger partial charge on any atom is -0.375 e. The SMILES string of the molecule is CC1CN(C(=O)CCCCCl)CCO1. The third-order valence-corrected chi connectivity index (χ3v) is 2.64. The molecule has 0 aliphatic carbocycles. The maximum atomic E-state index is 11.6. The highest BCUT2D eigenvalue weighted by Gasteiger charge is 2.20. The first-order valence-corrected chi connectivity index (χ1v) is 5.73. The Hall–Kier alpha value is -0.280. The van der Waals surface area contributed by atoms with Crippen molar-refractivity contribution in [3.63, 3.8) is 0 Å². The van der Waals surface area contributed by atoms with Crippen LogP contribution in [0.1, 0.15) is 26.2 Å². The molecule has 1 aliphatic rings. The average molecular weight is 220 g/mol. The van der Waals surface area contributed by atoms with Crippen molar-refractivity contribution in [3.05, 3.63) is 0 Å². The molecule has 0 N–H and O–H groups in total. The number of rotatable bonds is 4. The molecule has 1 unspecified atom stereocenters. The van der Waals surface area contributed by atoms with Crippen molar-refractivity contribution >= 4 is 17.5 Å².